The Balaban J connectivity index is 1.88. The highest BCUT2D eigenvalue weighted by atomic mass is 32.1. The van der Waals surface area contributed by atoms with E-state index in [0.29, 0.717) is 16.5 Å². The quantitative estimate of drug-likeness (QED) is 0.658. The summed E-state index contributed by atoms with van der Waals surface area (Å²) in [6, 6.07) is 14.8. The molecule has 0 spiro atoms. The molecule has 2 aromatic rings. The monoisotopic (exact) mass is 351 g/mol. The molecule has 1 aliphatic heterocycles. The normalized spacial score (nSPS) is 15.4. The lowest BCUT2D eigenvalue weighted by Gasteiger charge is -2.13. The summed E-state index contributed by atoms with van der Waals surface area (Å²) >= 11 is 5.30. The zero-order valence-electron chi connectivity index (χ0n) is 13.9. The third-order valence-corrected chi connectivity index (χ3v) is 3.97. The fraction of sp³-hybridized carbons (Fsp3) is 0.105. The van der Waals surface area contributed by atoms with Crippen LogP contribution in [0.3, 0.4) is 0 Å². The molecule has 126 valence electrons. The molecular formula is C19H17N3O2S. The van der Waals surface area contributed by atoms with Crippen LogP contribution in [-0.4, -0.2) is 16.9 Å². The van der Waals surface area contributed by atoms with E-state index < -0.39 is 0 Å². The van der Waals surface area contributed by atoms with Crippen LogP contribution < -0.4 is 15.5 Å². The van der Waals surface area contributed by atoms with Crippen molar-refractivity contribution in [3.05, 3.63) is 65.4 Å². The number of hydrogen-bond donors (Lipinski definition) is 2. The molecule has 1 saturated heterocycles. The lowest BCUT2D eigenvalue weighted by atomic mass is 10.1. The van der Waals surface area contributed by atoms with Gasteiger partial charge in [-0.1, -0.05) is 29.8 Å². The van der Waals surface area contributed by atoms with Crippen LogP contribution >= 0.6 is 12.2 Å². The molecule has 2 N–H and O–H groups in total. The molecule has 0 bridgehead atoms. The topological polar surface area (TPSA) is 61.4 Å². The number of aryl methyl sites for hydroxylation is 1. The van der Waals surface area contributed by atoms with Crippen LogP contribution in [0.5, 0.6) is 0 Å². The first kappa shape index (κ1) is 16.9. The maximum absolute atomic E-state index is 12.7. The standard InChI is InChI=1S/C19H17N3O2S/c1-12-6-8-16(9-7-12)22-18(24)17(21-19(22)25)11-14-4-3-5-15(10-14)20-13(2)23/h3-11H,1-2H3,(H,20,23)(H,21,25)/b17-11-. The van der Waals surface area contributed by atoms with E-state index in [-0.39, 0.29) is 11.8 Å². The van der Waals surface area contributed by atoms with Gasteiger partial charge in [0.15, 0.2) is 5.11 Å². The van der Waals surface area contributed by atoms with Crippen molar-refractivity contribution in [3.8, 4) is 0 Å². The average Bonchev–Trinajstić information content (AvgIpc) is 2.82. The Bertz CT molecular complexity index is 888. The van der Waals surface area contributed by atoms with E-state index in [9.17, 15) is 9.59 Å². The number of amides is 2. The summed E-state index contributed by atoms with van der Waals surface area (Å²) in [5.41, 5.74) is 3.69. The molecule has 0 radical (unpaired) electrons. The SMILES string of the molecule is CC(=O)Nc1cccc(/C=C2\NC(=S)N(c3ccc(C)cc3)C2=O)c1. The van der Waals surface area contributed by atoms with Crippen LogP contribution in [0, 0.1) is 6.92 Å². The first-order valence-corrected chi connectivity index (χ1v) is 8.16. The van der Waals surface area contributed by atoms with E-state index in [2.05, 4.69) is 10.6 Å². The number of nitrogens with one attached hydrogen (secondary N) is 2. The van der Waals surface area contributed by atoms with Gasteiger partial charge in [0.2, 0.25) is 5.91 Å². The highest BCUT2D eigenvalue weighted by Gasteiger charge is 2.31. The van der Waals surface area contributed by atoms with Crippen LogP contribution in [0.1, 0.15) is 18.1 Å². The lowest BCUT2D eigenvalue weighted by molar-refractivity contribution is -0.114. The second-order valence-corrected chi connectivity index (χ2v) is 6.16. The van der Waals surface area contributed by atoms with Gasteiger partial charge in [-0.3, -0.25) is 14.5 Å². The van der Waals surface area contributed by atoms with Crippen LogP contribution in [-0.2, 0) is 9.59 Å². The summed E-state index contributed by atoms with van der Waals surface area (Å²) in [5, 5.41) is 6.02. The number of carbonyl (C=O) groups is 2. The molecule has 6 heteroatoms. The molecule has 3 rings (SSSR count). The average molecular weight is 351 g/mol. The number of anilines is 2. The van der Waals surface area contributed by atoms with Gasteiger partial charge in [0.1, 0.15) is 5.70 Å². The Morgan fingerprint density at radius 2 is 1.92 bits per heavy atom. The first-order valence-electron chi connectivity index (χ1n) is 7.75. The minimum Gasteiger partial charge on any atom is -0.327 e. The molecule has 0 aromatic heterocycles. The molecule has 0 aliphatic carbocycles. The van der Waals surface area contributed by atoms with Gasteiger partial charge >= 0.3 is 0 Å². The van der Waals surface area contributed by atoms with Gasteiger partial charge in [-0.2, -0.15) is 0 Å². The highest BCUT2D eigenvalue weighted by Crippen LogP contribution is 2.23. The molecule has 1 fully saturated rings. The van der Waals surface area contributed by atoms with E-state index in [1.165, 1.54) is 11.8 Å². The lowest BCUT2D eigenvalue weighted by Crippen LogP contribution is -2.30. The van der Waals surface area contributed by atoms with Crippen molar-refractivity contribution in [1.82, 2.24) is 5.32 Å². The summed E-state index contributed by atoms with van der Waals surface area (Å²) < 4.78 is 0. The van der Waals surface area contributed by atoms with Crippen molar-refractivity contribution in [3.63, 3.8) is 0 Å². The number of benzene rings is 2. The van der Waals surface area contributed by atoms with Crippen molar-refractivity contribution in [2.24, 2.45) is 0 Å². The Morgan fingerprint density at radius 3 is 2.60 bits per heavy atom. The third-order valence-electron chi connectivity index (χ3n) is 3.69. The van der Waals surface area contributed by atoms with Crippen molar-refractivity contribution < 1.29 is 9.59 Å². The molecule has 0 unspecified atom stereocenters. The number of nitrogens with zero attached hydrogens (tertiary/aromatic N) is 1. The van der Waals surface area contributed by atoms with Crippen molar-refractivity contribution >= 4 is 46.6 Å². The third kappa shape index (κ3) is 3.75. The molecule has 5 nitrogen and oxygen atoms in total. The van der Waals surface area contributed by atoms with Crippen LogP contribution in [0.25, 0.3) is 6.08 Å². The Hall–Kier alpha value is -2.99. The maximum atomic E-state index is 12.7. The van der Waals surface area contributed by atoms with E-state index in [0.717, 1.165) is 16.8 Å². The predicted molar refractivity (Wildman–Crippen MR) is 103 cm³/mol. The number of hydrogen-bond acceptors (Lipinski definition) is 3. The van der Waals surface area contributed by atoms with Gasteiger partial charge in [-0.05, 0) is 55.0 Å². The summed E-state index contributed by atoms with van der Waals surface area (Å²) in [5.74, 6) is -0.356. The van der Waals surface area contributed by atoms with E-state index in [1.54, 1.807) is 18.2 Å². The summed E-state index contributed by atoms with van der Waals surface area (Å²) in [4.78, 5) is 25.3. The Labute approximate surface area is 151 Å². The molecule has 1 heterocycles. The van der Waals surface area contributed by atoms with E-state index in [4.69, 9.17) is 12.2 Å². The summed E-state index contributed by atoms with van der Waals surface area (Å²) in [7, 11) is 0. The van der Waals surface area contributed by atoms with Gasteiger partial charge < -0.3 is 10.6 Å². The van der Waals surface area contributed by atoms with Gasteiger partial charge in [0.25, 0.3) is 5.91 Å². The van der Waals surface area contributed by atoms with Gasteiger partial charge in [-0.25, -0.2) is 0 Å². The van der Waals surface area contributed by atoms with Gasteiger partial charge in [0, 0.05) is 12.6 Å². The molecule has 25 heavy (non-hydrogen) atoms. The summed E-state index contributed by atoms with van der Waals surface area (Å²) in [6.45, 7) is 3.44. The fourth-order valence-corrected chi connectivity index (χ4v) is 2.84. The van der Waals surface area contributed by atoms with E-state index in [1.807, 2.05) is 43.3 Å². The zero-order chi connectivity index (χ0) is 18.0. The molecule has 2 amide bonds. The predicted octanol–water partition coefficient (Wildman–Crippen LogP) is 3.22. The smallest absolute Gasteiger partial charge is 0.281 e. The van der Waals surface area contributed by atoms with Crippen LogP contribution in [0.4, 0.5) is 11.4 Å². The molecule has 2 aromatic carbocycles. The van der Waals surface area contributed by atoms with Gasteiger partial charge in [0.05, 0.1) is 5.69 Å². The molecule has 0 atom stereocenters. The zero-order valence-corrected chi connectivity index (χ0v) is 14.7. The number of thiocarbonyl (C=S) groups is 1. The second-order valence-electron chi connectivity index (χ2n) is 5.77. The molecule has 0 saturated carbocycles. The van der Waals surface area contributed by atoms with E-state index >= 15 is 0 Å². The maximum Gasteiger partial charge on any atom is 0.281 e. The minimum absolute atomic E-state index is 0.147. The Kier molecular flexibility index (Phi) is 4.63. The number of rotatable bonds is 3. The number of carbonyl (C=O) groups excluding carboxylic acids is 2. The summed E-state index contributed by atoms with van der Waals surface area (Å²) in [6.07, 6.45) is 1.72. The fourth-order valence-electron chi connectivity index (χ4n) is 2.54. The largest absolute Gasteiger partial charge is 0.327 e. The van der Waals surface area contributed by atoms with Crippen molar-refractivity contribution in [2.75, 3.05) is 10.2 Å². The van der Waals surface area contributed by atoms with Gasteiger partial charge in [-0.15, -0.1) is 0 Å². The first-order chi connectivity index (χ1) is 11.9. The minimum atomic E-state index is -0.209. The molecular weight excluding hydrogens is 334 g/mol. The Morgan fingerprint density at radius 1 is 1.20 bits per heavy atom. The van der Waals surface area contributed by atoms with Crippen LogP contribution in [0.2, 0.25) is 0 Å². The van der Waals surface area contributed by atoms with Crippen LogP contribution in [0.15, 0.2) is 54.2 Å². The van der Waals surface area contributed by atoms with Crippen molar-refractivity contribution in [2.45, 2.75) is 13.8 Å². The highest BCUT2D eigenvalue weighted by molar-refractivity contribution is 7.80. The molecule has 1 aliphatic rings. The van der Waals surface area contributed by atoms with Crippen molar-refractivity contribution in [1.29, 1.82) is 0 Å². The second kappa shape index (κ2) is 6.86.